The van der Waals surface area contributed by atoms with Crippen LogP contribution >= 0.6 is 0 Å². The van der Waals surface area contributed by atoms with Crippen LogP contribution in [0.2, 0.25) is 0 Å². The average molecular weight is 355 g/mol. The summed E-state index contributed by atoms with van der Waals surface area (Å²) >= 11 is 0. The predicted octanol–water partition coefficient (Wildman–Crippen LogP) is 5.05. The van der Waals surface area contributed by atoms with Crippen molar-refractivity contribution in [3.05, 3.63) is 65.5 Å². The number of aryl methyl sites for hydroxylation is 1. The molecule has 0 radical (unpaired) electrons. The highest BCUT2D eigenvalue weighted by Crippen LogP contribution is 2.34. The van der Waals surface area contributed by atoms with Gasteiger partial charge in [-0.2, -0.15) is 0 Å². The van der Waals surface area contributed by atoms with E-state index in [1.54, 1.807) is 6.08 Å². The molecule has 1 aliphatic heterocycles. The summed E-state index contributed by atoms with van der Waals surface area (Å²) in [6.45, 7) is 2.10. The van der Waals surface area contributed by atoms with Crippen LogP contribution in [0.1, 0.15) is 30.7 Å². The Balaban J connectivity index is 1.66. The monoisotopic (exact) mass is 355 g/mol. The number of aromatic nitrogens is 1. The first-order chi connectivity index (χ1) is 12.6. The lowest BCUT2D eigenvalue weighted by Crippen LogP contribution is -2.26. The van der Waals surface area contributed by atoms with Crippen LogP contribution in [-0.4, -0.2) is 17.7 Å². The lowest BCUT2D eigenvalue weighted by molar-refractivity contribution is 0.462. The van der Waals surface area contributed by atoms with Gasteiger partial charge in [-0.1, -0.05) is 6.08 Å². The zero-order valence-corrected chi connectivity index (χ0v) is 14.9. The Bertz CT molecular complexity index is 915. The number of fused-ring (bicyclic) bond motifs is 1. The SMILES string of the molecule is Cn1cc(C2CCNCC2)c2cc(NC3=CCC=C(F)C(F)=C3)ccc21. The van der Waals surface area contributed by atoms with Crippen molar-refractivity contribution in [1.29, 1.82) is 0 Å². The van der Waals surface area contributed by atoms with Crippen molar-refractivity contribution < 1.29 is 8.78 Å². The minimum absolute atomic E-state index is 0.367. The fraction of sp³-hybridized carbons (Fsp3) is 0.333. The van der Waals surface area contributed by atoms with Crippen LogP contribution in [0.25, 0.3) is 10.9 Å². The van der Waals surface area contributed by atoms with Gasteiger partial charge in [0.15, 0.2) is 11.7 Å². The van der Waals surface area contributed by atoms with E-state index in [0.29, 0.717) is 18.0 Å². The molecule has 1 saturated heterocycles. The van der Waals surface area contributed by atoms with Crippen molar-refractivity contribution in [2.75, 3.05) is 18.4 Å². The highest BCUT2D eigenvalue weighted by Gasteiger charge is 2.20. The summed E-state index contributed by atoms with van der Waals surface area (Å²) in [5, 5.41) is 7.87. The van der Waals surface area contributed by atoms with Gasteiger partial charge >= 0.3 is 0 Å². The van der Waals surface area contributed by atoms with E-state index in [0.717, 1.165) is 31.6 Å². The van der Waals surface area contributed by atoms with Crippen LogP contribution < -0.4 is 10.6 Å². The molecule has 1 fully saturated rings. The van der Waals surface area contributed by atoms with Crippen LogP contribution in [0.3, 0.4) is 0 Å². The van der Waals surface area contributed by atoms with Gasteiger partial charge in [0.1, 0.15) is 0 Å². The van der Waals surface area contributed by atoms with E-state index in [-0.39, 0.29) is 0 Å². The second-order valence-corrected chi connectivity index (χ2v) is 7.02. The molecule has 0 saturated carbocycles. The summed E-state index contributed by atoms with van der Waals surface area (Å²) in [7, 11) is 2.07. The average Bonchev–Trinajstić information content (AvgIpc) is 2.89. The van der Waals surface area contributed by atoms with E-state index >= 15 is 0 Å². The number of rotatable bonds is 3. The molecule has 0 spiro atoms. The van der Waals surface area contributed by atoms with Crippen LogP contribution in [0.4, 0.5) is 14.5 Å². The summed E-state index contributed by atoms with van der Waals surface area (Å²) in [4.78, 5) is 0. The second-order valence-electron chi connectivity index (χ2n) is 7.02. The molecule has 2 aliphatic rings. The van der Waals surface area contributed by atoms with Crippen LogP contribution in [-0.2, 0) is 7.05 Å². The van der Waals surface area contributed by atoms with Gasteiger partial charge in [0.25, 0.3) is 0 Å². The van der Waals surface area contributed by atoms with E-state index in [1.807, 2.05) is 6.07 Å². The molecule has 0 amide bonds. The van der Waals surface area contributed by atoms with Crippen molar-refractivity contribution in [3.63, 3.8) is 0 Å². The number of allylic oxidation sites excluding steroid dienone is 5. The summed E-state index contributed by atoms with van der Waals surface area (Å²) in [5.41, 5.74) is 4.02. The molecular weight excluding hydrogens is 332 g/mol. The molecule has 3 nitrogen and oxygen atoms in total. The Morgan fingerprint density at radius 3 is 2.73 bits per heavy atom. The Morgan fingerprint density at radius 1 is 1.12 bits per heavy atom. The number of benzene rings is 1. The van der Waals surface area contributed by atoms with Gasteiger partial charge in [0, 0.05) is 41.6 Å². The summed E-state index contributed by atoms with van der Waals surface area (Å²) in [6, 6.07) is 6.18. The van der Waals surface area contributed by atoms with Crippen molar-refractivity contribution in [2.24, 2.45) is 7.05 Å². The van der Waals surface area contributed by atoms with Crippen molar-refractivity contribution in [2.45, 2.75) is 25.2 Å². The molecule has 136 valence electrons. The lowest BCUT2D eigenvalue weighted by atomic mass is 9.90. The maximum absolute atomic E-state index is 13.7. The quantitative estimate of drug-likeness (QED) is 0.806. The molecule has 0 atom stereocenters. The van der Waals surface area contributed by atoms with E-state index < -0.39 is 11.7 Å². The first-order valence-corrected chi connectivity index (χ1v) is 9.12. The molecule has 2 N–H and O–H groups in total. The molecule has 26 heavy (non-hydrogen) atoms. The third kappa shape index (κ3) is 3.31. The first-order valence-electron chi connectivity index (χ1n) is 9.12. The smallest absolute Gasteiger partial charge is 0.160 e. The standard InChI is InChI=1S/C21H23F2N3/c1-26-13-18(14-7-9-24-10-8-14)17-11-16(5-6-21(17)26)25-15-3-2-4-19(22)20(23)12-15/h3-6,11-14,24-25H,2,7-10H2,1H3. The Kier molecular flexibility index (Phi) is 4.64. The van der Waals surface area contributed by atoms with Gasteiger partial charge in [-0.3, -0.25) is 0 Å². The van der Waals surface area contributed by atoms with Gasteiger partial charge in [0.2, 0.25) is 0 Å². The van der Waals surface area contributed by atoms with Gasteiger partial charge < -0.3 is 15.2 Å². The summed E-state index contributed by atoms with van der Waals surface area (Å²) in [6.07, 6.45) is 9.12. The molecule has 1 aliphatic carbocycles. The minimum atomic E-state index is -0.836. The molecule has 0 unspecified atom stereocenters. The zero-order valence-electron chi connectivity index (χ0n) is 14.9. The number of halogens is 2. The zero-order chi connectivity index (χ0) is 18.1. The maximum Gasteiger partial charge on any atom is 0.160 e. The van der Waals surface area contributed by atoms with Crippen molar-refractivity contribution >= 4 is 16.6 Å². The fourth-order valence-electron chi connectivity index (χ4n) is 3.86. The van der Waals surface area contributed by atoms with Crippen LogP contribution in [0.15, 0.2) is 60.0 Å². The molecule has 1 aromatic heterocycles. The number of anilines is 1. The Morgan fingerprint density at radius 2 is 1.92 bits per heavy atom. The Labute approximate surface area is 152 Å². The van der Waals surface area contributed by atoms with Gasteiger partial charge in [0.05, 0.1) is 0 Å². The third-order valence-electron chi connectivity index (χ3n) is 5.23. The van der Waals surface area contributed by atoms with E-state index in [9.17, 15) is 8.78 Å². The molecule has 5 heteroatoms. The van der Waals surface area contributed by atoms with Crippen molar-refractivity contribution in [3.8, 4) is 0 Å². The molecule has 4 rings (SSSR count). The largest absolute Gasteiger partial charge is 0.356 e. The van der Waals surface area contributed by atoms with Crippen LogP contribution in [0, 0.1) is 0 Å². The third-order valence-corrected chi connectivity index (χ3v) is 5.23. The number of hydrogen-bond donors (Lipinski definition) is 2. The highest BCUT2D eigenvalue weighted by molar-refractivity contribution is 5.88. The normalized spacial score (nSPS) is 19.0. The second kappa shape index (κ2) is 7.08. The molecular formula is C21H23F2N3. The highest BCUT2D eigenvalue weighted by atomic mass is 19.2. The van der Waals surface area contributed by atoms with Crippen LogP contribution in [0.5, 0.6) is 0 Å². The summed E-state index contributed by atoms with van der Waals surface area (Å²) in [5.74, 6) is -1.08. The van der Waals surface area contributed by atoms with Gasteiger partial charge in [-0.25, -0.2) is 8.78 Å². The summed E-state index contributed by atoms with van der Waals surface area (Å²) < 4.78 is 29.2. The first kappa shape index (κ1) is 17.0. The Hall–Kier alpha value is -2.40. The van der Waals surface area contributed by atoms with Crippen molar-refractivity contribution in [1.82, 2.24) is 9.88 Å². The minimum Gasteiger partial charge on any atom is -0.356 e. The van der Waals surface area contributed by atoms with Gasteiger partial charge in [-0.15, -0.1) is 0 Å². The maximum atomic E-state index is 13.7. The van der Waals surface area contributed by atoms with E-state index in [2.05, 4.69) is 40.6 Å². The molecule has 1 aromatic carbocycles. The van der Waals surface area contributed by atoms with E-state index in [1.165, 1.54) is 28.6 Å². The van der Waals surface area contributed by atoms with Gasteiger partial charge in [-0.05, 0) is 68.1 Å². The number of nitrogens with zero attached hydrogens (tertiary/aromatic N) is 1. The topological polar surface area (TPSA) is 29.0 Å². The molecule has 0 bridgehead atoms. The predicted molar refractivity (Wildman–Crippen MR) is 102 cm³/mol. The molecule has 2 aromatic rings. The number of nitrogens with one attached hydrogen (secondary N) is 2. The lowest BCUT2D eigenvalue weighted by Gasteiger charge is -2.22. The van der Waals surface area contributed by atoms with E-state index in [4.69, 9.17) is 0 Å². The molecule has 2 heterocycles. The number of piperidine rings is 1. The fourth-order valence-corrected chi connectivity index (χ4v) is 3.86. The number of hydrogen-bond acceptors (Lipinski definition) is 2.